The van der Waals surface area contributed by atoms with Crippen molar-refractivity contribution in [3.8, 4) is 0 Å². The summed E-state index contributed by atoms with van der Waals surface area (Å²) in [6.45, 7) is 0. The Morgan fingerprint density at radius 3 is 2.61 bits per heavy atom. The zero-order chi connectivity index (χ0) is 16.2. The van der Waals surface area contributed by atoms with Crippen LogP contribution in [0.25, 0.3) is 0 Å². The number of rotatable bonds is 6. The monoisotopic (exact) mass is 313 g/mol. The van der Waals surface area contributed by atoms with Crippen LogP contribution in [0.5, 0.6) is 0 Å². The van der Waals surface area contributed by atoms with E-state index in [2.05, 4.69) is 25.6 Å². The Hall–Kier alpha value is -3.16. The number of nitrogens with zero attached hydrogens (tertiary/aromatic N) is 3. The minimum absolute atomic E-state index is 0.0483. The lowest BCUT2D eigenvalue weighted by Crippen LogP contribution is -2.18. The Morgan fingerprint density at radius 2 is 1.91 bits per heavy atom. The first-order valence-electron chi connectivity index (χ1n) is 6.83. The molecule has 2 N–H and O–H groups in total. The van der Waals surface area contributed by atoms with Gasteiger partial charge in [0.2, 0.25) is 11.6 Å². The molecule has 0 bridgehead atoms. The third kappa shape index (κ3) is 3.54. The second-order valence-electron chi connectivity index (χ2n) is 5.00. The topological polar surface area (TPSA) is 104 Å². The van der Waals surface area contributed by atoms with Crippen LogP contribution in [0.4, 0.5) is 4.39 Å². The average Bonchev–Trinajstić information content (AvgIpc) is 3.21. The van der Waals surface area contributed by atoms with Gasteiger partial charge >= 0.3 is 0 Å². The molecule has 3 rings (SSSR count). The summed E-state index contributed by atoms with van der Waals surface area (Å²) in [5.74, 6) is -1.91. The predicted octanol–water partition coefficient (Wildman–Crippen LogP) is 1.25. The fourth-order valence-electron chi connectivity index (χ4n) is 2.17. The first-order chi connectivity index (χ1) is 11.1. The van der Waals surface area contributed by atoms with Gasteiger partial charge in [-0.3, -0.25) is 9.59 Å². The largest absolute Gasteiger partial charge is 0.364 e. The molecule has 3 aromatic rings. The van der Waals surface area contributed by atoms with Crippen molar-refractivity contribution in [2.45, 2.75) is 12.8 Å². The van der Waals surface area contributed by atoms with Crippen molar-refractivity contribution < 1.29 is 14.0 Å². The summed E-state index contributed by atoms with van der Waals surface area (Å²) in [4.78, 5) is 26.7. The highest BCUT2D eigenvalue weighted by Crippen LogP contribution is 2.12. The van der Waals surface area contributed by atoms with Gasteiger partial charge in [-0.15, -0.1) is 10.2 Å². The number of aromatic amines is 2. The number of halogens is 1. The fourth-order valence-corrected chi connectivity index (χ4v) is 2.17. The van der Waals surface area contributed by atoms with E-state index in [9.17, 15) is 14.0 Å². The smallest absolute Gasteiger partial charge is 0.269 e. The summed E-state index contributed by atoms with van der Waals surface area (Å²) in [7, 11) is 0. The molecule has 0 fully saturated rings. The molecular formula is C15H12FN5O2. The number of H-pyrrole nitrogens is 2. The molecule has 0 saturated carbocycles. The Bertz CT molecular complexity index is 824. The molecule has 0 amide bonds. The quantitative estimate of drug-likeness (QED) is 0.526. The van der Waals surface area contributed by atoms with E-state index in [0.29, 0.717) is 12.0 Å². The molecule has 8 heteroatoms. The number of Topliss-reactive ketones (excluding diaryl/α,β-unsaturated/α-hetero) is 2. The van der Waals surface area contributed by atoms with Crippen LogP contribution in [0.15, 0.2) is 36.5 Å². The molecule has 116 valence electrons. The highest BCUT2D eigenvalue weighted by Gasteiger charge is 2.21. The van der Waals surface area contributed by atoms with Gasteiger partial charge in [-0.25, -0.2) is 4.39 Å². The summed E-state index contributed by atoms with van der Waals surface area (Å²) >= 11 is 0. The molecule has 2 heterocycles. The number of benzene rings is 1. The van der Waals surface area contributed by atoms with Crippen molar-refractivity contribution >= 4 is 11.6 Å². The van der Waals surface area contributed by atoms with Crippen molar-refractivity contribution in [1.29, 1.82) is 0 Å². The van der Waals surface area contributed by atoms with Gasteiger partial charge in [-0.05, 0) is 34.5 Å². The molecule has 0 atom stereocenters. The lowest BCUT2D eigenvalue weighted by atomic mass is 10.1. The van der Waals surface area contributed by atoms with Gasteiger partial charge in [0.1, 0.15) is 5.82 Å². The minimum atomic E-state index is -0.778. The van der Waals surface area contributed by atoms with Crippen LogP contribution in [-0.4, -0.2) is 37.2 Å². The second-order valence-corrected chi connectivity index (χ2v) is 5.00. The average molecular weight is 313 g/mol. The van der Waals surface area contributed by atoms with Crippen LogP contribution in [-0.2, 0) is 17.6 Å². The van der Waals surface area contributed by atoms with E-state index >= 15 is 0 Å². The van der Waals surface area contributed by atoms with Gasteiger partial charge in [0.15, 0.2) is 0 Å². The lowest BCUT2D eigenvalue weighted by molar-refractivity contribution is -0.114. The summed E-state index contributed by atoms with van der Waals surface area (Å²) in [5.41, 5.74) is 2.49. The van der Waals surface area contributed by atoms with Gasteiger partial charge in [0.25, 0.3) is 5.78 Å². The molecule has 23 heavy (non-hydrogen) atoms. The summed E-state index contributed by atoms with van der Waals surface area (Å²) < 4.78 is 12.9. The van der Waals surface area contributed by atoms with Crippen molar-refractivity contribution in [3.05, 3.63) is 65.0 Å². The Morgan fingerprint density at radius 1 is 1.13 bits per heavy atom. The SMILES string of the molecule is O=C(Cc1c[nH]c(Cc2ccc(F)cc2)c1)C(=O)c1nn[nH]n1. The Balaban J connectivity index is 1.64. The van der Waals surface area contributed by atoms with Crippen LogP contribution < -0.4 is 0 Å². The maximum Gasteiger partial charge on any atom is 0.269 e. The van der Waals surface area contributed by atoms with E-state index in [0.717, 1.165) is 11.3 Å². The first-order valence-corrected chi connectivity index (χ1v) is 6.83. The molecule has 2 aromatic heterocycles. The third-order valence-electron chi connectivity index (χ3n) is 3.28. The maximum atomic E-state index is 12.9. The normalized spacial score (nSPS) is 10.7. The Labute approximate surface area is 129 Å². The molecule has 0 radical (unpaired) electrons. The van der Waals surface area contributed by atoms with Crippen LogP contribution in [0.2, 0.25) is 0 Å². The number of hydrogen-bond acceptors (Lipinski definition) is 5. The van der Waals surface area contributed by atoms with Gasteiger partial charge in [0, 0.05) is 24.7 Å². The zero-order valence-electron chi connectivity index (χ0n) is 11.9. The summed E-state index contributed by atoms with van der Waals surface area (Å²) in [6, 6.07) is 7.98. The predicted molar refractivity (Wildman–Crippen MR) is 77.2 cm³/mol. The van der Waals surface area contributed by atoms with Crippen molar-refractivity contribution in [2.75, 3.05) is 0 Å². The zero-order valence-corrected chi connectivity index (χ0v) is 11.9. The number of carbonyl (C=O) groups is 2. The molecule has 0 spiro atoms. The first kappa shape index (κ1) is 14.8. The molecule has 1 aromatic carbocycles. The van der Waals surface area contributed by atoms with Crippen molar-refractivity contribution in [3.63, 3.8) is 0 Å². The number of ketones is 2. The maximum absolute atomic E-state index is 12.9. The number of hydrogen-bond donors (Lipinski definition) is 2. The van der Waals surface area contributed by atoms with E-state index in [1.165, 1.54) is 12.1 Å². The number of nitrogens with one attached hydrogen (secondary N) is 2. The summed E-state index contributed by atoms with van der Waals surface area (Å²) in [6.07, 6.45) is 2.20. The molecule has 0 unspecified atom stereocenters. The highest BCUT2D eigenvalue weighted by molar-refractivity contribution is 6.43. The molecule has 7 nitrogen and oxygen atoms in total. The standard InChI is InChI=1S/C15H12FN5O2/c16-11-3-1-9(2-4-11)5-12-6-10(8-17-12)7-13(22)14(23)15-18-20-21-19-15/h1-4,6,8,17H,5,7H2,(H,18,19,20,21). The van der Waals surface area contributed by atoms with Crippen LogP contribution in [0.1, 0.15) is 27.4 Å². The third-order valence-corrected chi connectivity index (χ3v) is 3.28. The van der Waals surface area contributed by atoms with Gasteiger partial charge < -0.3 is 4.98 Å². The summed E-state index contributed by atoms with van der Waals surface area (Å²) in [5, 5.41) is 12.4. The van der Waals surface area contributed by atoms with Gasteiger partial charge in [-0.1, -0.05) is 12.1 Å². The van der Waals surface area contributed by atoms with E-state index in [4.69, 9.17) is 0 Å². The van der Waals surface area contributed by atoms with Crippen molar-refractivity contribution in [2.24, 2.45) is 0 Å². The van der Waals surface area contributed by atoms with Crippen LogP contribution in [0.3, 0.4) is 0 Å². The van der Waals surface area contributed by atoms with E-state index in [1.54, 1.807) is 24.4 Å². The molecule has 0 saturated heterocycles. The van der Waals surface area contributed by atoms with Gasteiger partial charge in [-0.2, -0.15) is 5.21 Å². The number of tetrazole rings is 1. The van der Waals surface area contributed by atoms with Crippen molar-refractivity contribution in [1.82, 2.24) is 25.6 Å². The highest BCUT2D eigenvalue weighted by atomic mass is 19.1. The molecule has 0 aliphatic rings. The second kappa shape index (κ2) is 6.30. The van der Waals surface area contributed by atoms with E-state index in [-0.39, 0.29) is 18.1 Å². The lowest BCUT2D eigenvalue weighted by Gasteiger charge is -1.98. The van der Waals surface area contributed by atoms with Crippen LogP contribution in [0, 0.1) is 5.82 Å². The fraction of sp³-hybridized carbons (Fsp3) is 0.133. The molecule has 0 aliphatic heterocycles. The number of aromatic nitrogens is 5. The van der Waals surface area contributed by atoms with Crippen LogP contribution >= 0.6 is 0 Å². The van der Waals surface area contributed by atoms with E-state index < -0.39 is 11.6 Å². The number of carbonyl (C=O) groups excluding carboxylic acids is 2. The minimum Gasteiger partial charge on any atom is -0.364 e. The Kier molecular flexibility index (Phi) is 4.05. The van der Waals surface area contributed by atoms with Gasteiger partial charge in [0.05, 0.1) is 0 Å². The molecular weight excluding hydrogens is 301 g/mol. The molecule has 0 aliphatic carbocycles. The van der Waals surface area contributed by atoms with E-state index in [1.807, 2.05) is 0 Å².